The van der Waals surface area contributed by atoms with E-state index in [0.29, 0.717) is 31.2 Å². The highest BCUT2D eigenvalue weighted by molar-refractivity contribution is 9.10. The average Bonchev–Trinajstić information content (AvgIpc) is 2.94. The molecule has 7 heteroatoms. The first-order chi connectivity index (χ1) is 15.5. The molecule has 0 aliphatic carbocycles. The number of aliphatic hydroxyl groups excluding tert-OH is 1. The van der Waals surface area contributed by atoms with Gasteiger partial charge in [-0.25, -0.2) is 4.79 Å². The Hall–Kier alpha value is -1.77. The van der Waals surface area contributed by atoms with Crippen molar-refractivity contribution in [2.45, 2.75) is 74.5 Å². The van der Waals surface area contributed by atoms with Crippen LogP contribution in [0.1, 0.15) is 36.0 Å². The monoisotopic (exact) mass is 504 g/mol. The predicted molar refractivity (Wildman–Crippen MR) is 123 cm³/mol. The fraction of sp³-hybridized carbons (Fsp3) is 0.480. The third kappa shape index (κ3) is 5.24. The number of esters is 1. The third-order valence-corrected chi connectivity index (χ3v) is 6.76. The number of carbonyl (C=O) groups is 1. The molecule has 2 saturated heterocycles. The van der Waals surface area contributed by atoms with Crippen molar-refractivity contribution in [1.29, 1.82) is 0 Å². The summed E-state index contributed by atoms with van der Waals surface area (Å²) in [5.41, 5.74) is 0.477. The van der Waals surface area contributed by atoms with Crippen LogP contribution in [0.4, 0.5) is 0 Å². The number of halogens is 1. The zero-order valence-electron chi connectivity index (χ0n) is 17.8. The molecule has 3 aliphatic heterocycles. The van der Waals surface area contributed by atoms with Crippen molar-refractivity contribution in [2.75, 3.05) is 0 Å². The van der Waals surface area contributed by atoms with Crippen LogP contribution >= 0.6 is 15.9 Å². The summed E-state index contributed by atoms with van der Waals surface area (Å²) in [4.78, 5) is 12.7. The summed E-state index contributed by atoms with van der Waals surface area (Å²) in [6, 6.07) is 7.04. The van der Waals surface area contributed by atoms with Gasteiger partial charge in [0, 0.05) is 17.3 Å². The molecule has 8 atom stereocenters. The van der Waals surface area contributed by atoms with Crippen LogP contribution in [-0.4, -0.2) is 59.9 Å². The van der Waals surface area contributed by atoms with E-state index in [1.165, 1.54) is 0 Å². The lowest BCUT2D eigenvalue weighted by Gasteiger charge is -2.42. The summed E-state index contributed by atoms with van der Waals surface area (Å²) in [5, 5.41) is 10.3. The Labute approximate surface area is 197 Å². The Balaban J connectivity index is 1.47. The smallest absolute Gasteiger partial charge is 0.338 e. The fourth-order valence-corrected chi connectivity index (χ4v) is 4.74. The minimum absolute atomic E-state index is 0.114. The maximum absolute atomic E-state index is 12.7. The van der Waals surface area contributed by atoms with Gasteiger partial charge in [-0.05, 0) is 37.1 Å². The van der Waals surface area contributed by atoms with Gasteiger partial charge in [-0.1, -0.05) is 40.2 Å². The number of hydrogen-bond donors (Lipinski definition) is 1. The van der Waals surface area contributed by atoms with E-state index in [9.17, 15) is 9.90 Å². The van der Waals surface area contributed by atoms with Gasteiger partial charge in [0.25, 0.3) is 0 Å². The molecule has 32 heavy (non-hydrogen) atoms. The van der Waals surface area contributed by atoms with Gasteiger partial charge in [0.05, 0.1) is 30.0 Å². The van der Waals surface area contributed by atoms with Crippen LogP contribution in [0.15, 0.2) is 66.2 Å². The standard InChI is InChI=1S/C25H29BrO6/c1-3-18-17(27)12-13-22-24(29-18)14-23-21(31-22)7-5-6-20(19(4-2)30-23)32-25(28)15-8-10-16(26)11-9-15/h3-5,7-11,17-24,27H,1-2,6,12-14H2/b7-5-/t17-,18+,19-,20+,21-,22+,23+,24-/m1/s1. The summed E-state index contributed by atoms with van der Waals surface area (Å²) in [7, 11) is 0. The molecule has 0 saturated carbocycles. The predicted octanol–water partition coefficient (Wildman–Crippen LogP) is 4.13. The molecule has 0 spiro atoms. The maximum atomic E-state index is 12.7. The van der Waals surface area contributed by atoms with Crippen molar-refractivity contribution in [3.8, 4) is 0 Å². The number of hydrogen-bond acceptors (Lipinski definition) is 6. The fourth-order valence-electron chi connectivity index (χ4n) is 4.48. The van der Waals surface area contributed by atoms with E-state index in [-0.39, 0.29) is 24.4 Å². The Bertz CT molecular complexity index is 852. The van der Waals surface area contributed by atoms with Crippen molar-refractivity contribution in [3.05, 3.63) is 71.8 Å². The zero-order chi connectivity index (χ0) is 22.7. The van der Waals surface area contributed by atoms with Gasteiger partial charge in [0.2, 0.25) is 0 Å². The van der Waals surface area contributed by atoms with Crippen molar-refractivity contribution in [1.82, 2.24) is 0 Å². The number of fused-ring (bicyclic) bond motifs is 2. The summed E-state index contributed by atoms with van der Waals surface area (Å²) in [5.74, 6) is -0.404. The first-order valence-corrected chi connectivity index (χ1v) is 11.8. The van der Waals surface area contributed by atoms with Gasteiger partial charge >= 0.3 is 5.97 Å². The van der Waals surface area contributed by atoms with E-state index in [2.05, 4.69) is 29.1 Å². The second-order valence-electron chi connectivity index (χ2n) is 8.38. The maximum Gasteiger partial charge on any atom is 0.338 e. The van der Waals surface area contributed by atoms with E-state index < -0.39 is 30.4 Å². The Morgan fingerprint density at radius 1 is 1.03 bits per heavy atom. The molecule has 6 nitrogen and oxygen atoms in total. The highest BCUT2D eigenvalue weighted by Gasteiger charge is 2.43. The van der Waals surface area contributed by atoms with Crippen molar-refractivity contribution >= 4 is 21.9 Å². The largest absolute Gasteiger partial charge is 0.455 e. The molecule has 172 valence electrons. The minimum Gasteiger partial charge on any atom is -0.455 e. The molecule has 0 unspecified atom stereocenters. The average molecular weight is 505 g/mol. The summed E-state index contributed by atoms with van der Waals surface area (Å²) in [6.07, 6.45) is 6.84. The third-order valence-electron chi connectivity index (χ3n) is 6.23. The van der Waals surface area contributed by atoms with Gasteiger partial charge < -0.3 is 24.1 Å². The molecule has 3 heterocycles. The molecule has 1 aromatic rings. The summed E-state index contributed by atoms with van der Waals surface area (Å²) >= 11 is 3.37. The highest BCUT2D eigenvalue weighted by Crippen LogP contribution is 2.35. The lowest BCUT2D eigenvalue weighted by atomic mass is 9.93. The molecule has 0 amide bonds. The SMILES string of the molecule is C=C[C@@H]1O[C@@H]2C[C@@H]3O[C@H](C=C)[C@@H](OC(=O)c4ccc(Br)cc4)C/C=C\[C@H]3O[C@H]2CC[C@H]1O. The Kier molecular flexibility index (Phi) is 7.63. The lowest BCUT2D eigenvalue weighted by molar-refractivity contribution is -0.203. The first-order valence-electron chi connectivity index (χ1n) is 11.0. The first kappa shape index (κ1) is 23.4. The molecule has 3 aliphatic rings. The molecular formula is C25H29BrO6. The van der Waals surface area contributed by atoms with Gasteiger partial charge in [-0.3, -0.25) is 0 Å². The Morgan fingerprint density at radius 3 is 2.47 bits per heavy atom. The number of carbonyl (C=O) groups excluding carboxylic acids is 1. The van der Waals surface area contributed by atoms with Crippen molar-refractivity contribution in [3.63, 3.8) is 0 Å². The summed E-state index contributed by atoms with van der Waals surface area (Å²) < 4.78 is 25.5. The number of ether oxygens (including phenoxy) is 4. The molecule has 2 fully saturated rings. The molecule has 0 radical (unpaired) electrons. The van der Waals surface area contributed by atoms with Gasteiger partial charge in [-0.15, -0.1) is 13.2 Å². The van der Waals surface area contributed by atoms with E-state index in [1.54, 1.807) is 36.4 Å². The quantitative estimate of drug-likeness (QED) is 0.490. The van der Waals surface area contributed by atoms with E-state index >= 15 is 0 Å². The highest BCUT2D eigenvalue weighted by atomic mass is 79.9. The van der Waals surface area contributed by atoms with Crippen LogP contribution < -0.4 is 0 Å². The second kappa shape index (κ2) is 10.4. The van der Waals surface area contributed by atoms with E-state index in [0.717, 1.165) is 4.47 Å². The van der Waals surface area contributed by atoms with E-state index in [1.807, 2.05) is 12.2 Å². The van der Waals surface area contributed by atoms with Crippen LogP contribution in [0.25, 0.3) is 0 Å². The number of rotatable bonds is 4. The molecule has 1 aromatic carbocycles. The van der Waals surface area contributed by atoms with Crippen LogP contribution in [0.2, 0.25) is 0 Å². The van der Waals surface area contributed by atoms with E-state index in [4.69, 9.17) is 18.9 Å². The normalized spacial score (nSPS) is 38.1. The summed E-state index contributed by atoms with van der Waals surface area (Å²) in [6.45, 7) is 7.69. The van der Waals surface area contributed by atoms with Gasteiger partial charge in [-0.2, -0.15) is 0 Å². The zero-order valence-corrected chi connectivity index (χ0v) is 19.4. The second-order valence-corrected chi connectivity index (χ2v) is 9.30. The molecular weight excluding hydrogens is 476 g/mol. The van der Waals surface area contributed by atoms with Crippen molar-refractivity contribution in [2.24, 2.45) is 0 Å². The number of aliphatic hydroxyl groups is 1. The van der Waals surface area contributed by atoms with Crippen molar-refractivity contribution < 1.29 is 28.8 Å². The Morgan fingerprint density at radius 2 is 1.75 bits per heavy atom. The topological polar surface area (TPSA) is 74.2 Å². The molecule has 1 N–H and O–H groups in total. The van der Waals surface area contributed by atoms with Crippen LogP contribution in [0, 0.1) is 0 Å². The van der Waals surface area contributed by atoms with Crippen LogP contribution in [0.3, 0.4) is 0 Å². The number of benzene rings is 1. The van der Waals surface area contributed by atoms with Gasteiger partial charge in [0.1, 0.15) is 24.4 Å². The van der Waals surface area contributed by atoms with Crippen LogP contribution in [-0.2, 0) is 18.9 Å². The van der Waals surface area contributed by atoms with Gasteiger partial charge in [0.15, 0.2) is 0 Å². The molecule has 0 aromatic heterocycles. The molecule has 0 bridgehead atoms. The lowest BCUT2D eigenvalue weighted by Crippen LogP contribution is -2.51. The minimum atomic E-state index is -0.589. The molecule has 4 rings (SSSR count). The van der Waals surface area contributed by atoms with Crippen LogP contribution in [0.5, 0.6) is 0 Å².